The molecule has 0 N–H and O–H groups in total. The maximum Gasteiger partial charge on any atom is 0.181 e. The number of ether oxygens (including phenoxy) is 1. The molecule has 29 heavy (non-hydrogen) atoms. The minimum atomic E-state index is 0.621. The zero-order valence-electron chi connectivity index (χ0n) is 16.1. The molecule has 0 atom stereocenters. The van der Waals surface area contributed by atoms with Crippen LogP contribution in [0.2, 0.25) is 5.02 Å². The number of morpholine rings is 1. The molecule has 0 amide bonds. The summed E-state index contributed by atoms with van der Waals surface area (Å²) in [6, 6.07) is 7.84. The van der Waals surface area contributed by atoms with E-state index in [1.165, 1.54) is 0 Å². The van der Waals surface area contributed by atoms with Crippen LogP contribution in [0.4, 0.5) is 5.82 Å². The number of fused-ring (bicyclic) bond motifs is 1. The Morgan fingerprint density at radius 1 is 1.17 bits per heavy atom. The normalized spacial score (nSPS) is 14.6. The van der Waals surface area contributed by atoms with Gasteiger partial charge in [0.2, 0.25) is 0 Å². The molecule has 0 saturated carbocycles. The van der Waals surface area contributed by atoms with Gasteiger partial charge in [0.15, 0.2) is 11.5 Å². The van der Waals surface area contributed by atoms with E-state index in [4.69, 9.17) is 21.3 Å². The molecule has 0 spiro atoms. The highest BCUT2D eigenvalue weighted by molar-refractivity contribution is 6.31. The van der Waals surface area contributed by atoms with Crippen LogP contribution in [0.1, 0.15) is 11.3 Å². The molecule has 1 fully saturated rings. The van der Waals surface area contributed by atoms with Crippen LogP contribution >= 0.6 is 11.6 Å². The molecule has 1 aromatic carbocycles. The molecule has 0 unspecified atom stereocenters. The topological polar surface area (TPSA) is 60.5 Å². The fourth-order valence-corrected chi connectivity index (χ4v) is 3.99. The highest BCUT2D eigenvalue weighted by atomic mass is 35.5. The summed E-state index contributed by atoms with van der Waals surface area (Å²) in [7, 11) is 0. The second-order valence-corrected chi connectivity index (χ2v) is 7.51. The van der Waals surface area contributed by atoms with Gasteiger partial charge in [0.05, 0.1) is 37.3 Å². The van der Waals surface area contributed by atoms with E-state index in [0.29, 0.717) is 19.8 Å². The number of halogens is 1. The van der Waals surface area contributed by atoms with Crippen molar-refractivity contribution < 1.29 is 4.74 Å². The summed E-state index contributed by atoms with van der Waals surface area (Å²) in [4.78, 5) is 11.7. The van der Waals surface area contributed by atoms with Gasteiger partial charge in [-0.2, -0.15) is 5.10 Å². The number of anilines is 1. The van der Waals surface area contributed by atoms with Crippen molar-refractivity contribution in [2.75, 3.05) is 31.2 Å². The van der Waals surface area contributed by atoms with Crippen LogP contribution in [0, 0.1) is 6.92 Å². The zero-order valence-corrected chi connectivity index (χ0v) is 16.9. The van der Waals surface area contributed by atoms with Crippen LogP contribution in [-0.2, 0) is 11.3 Å². The predicted molar refractivity (Wildman–Crippen MR) is 113 cm³/mol. The van der Waals surface area contributed by atoms with Crippen LogP contribution in [0.15, 0.2) is 49.1 Å². The van der Waals surface area contributed by atoms with Gasteiger partial charge >= 0.3 is 0 Å². The van der Waals surface area contributed by atoms with Crippen LogP contribution < -0.4 is 4.90 Å². The summed E-state index contributed by atoms with van der Waals surface area (Å²) >= 11 is 6.30. The maximum absolute atomic E-state index is 6.30. The van der Waals surface area contributed by atoms with Gasteiger partial charge < -0.3 is 9.64 Å². The first-order chi connectivity index (χ1) is 14.2. The summed E-state index contributed by atoms with van der Waals surface area (Å²) < 4.78 is 9.48. The number of benzene rings is 1. The van der Waals surface area contributed by atoms with E-state index < -0.39 is 0 Å². The highest BCUT2D eigenvalue weighted by Gasteiger charge is 2.20. The third kappa shape index (κ3) is 3.36. The molecule has 0 aliphatic carbocycles. The first-order valence-corrected chi connectivity index (χ1v) is 10.0. The number of imidazole rings is 1. The quantitative estimate of drug-likeness (QED) is 0.517. The summed E-state index contributed by atoms with van der Waals surface area (Å²) in [6.45, 7) is 5.72. The van der Waals surface area contributed by atoms with Gasteiger partial charge in [-0.05, 0) is 18.6 Å². The summed E-state index contributed by atoms with van der Waals surface area (Å²) in [5.74, 6) is 0.897. The van der Waals surface area contributed by atoms with Crippen LogP contribution in [0.3, 0.4) is 0 Å². The molecule has 4 heterocycles. The lowest BCUT2D eigenvalue weighted by atomic mass is 10.2. The summed E-state index contributed by atoms with van der Waals surface area (Å²) in [5, 5.41) is 5.29. The molecule has 0 bridgehead atoms. The standard InChI is InChI=1S/C21H21ClN6O/c1-15-19(17-12-24-27(14-17)13-16-4-2-3-5-18(16)22)28-7-6-23-20(21(28)25-15)26-8-10-29-11-9-26/h2-7,12,14H,8-11,13H2,1H3. The van der Waals surface area contributed by atoms with E-state index >= 15 is 0 Å². The fourth-order valence-electron chi connectivity index (χ4n) is 3.80. The molecule has 1 aliphatic heterocycles. The Hall–Kier alpha value is -2.90. The molecule has 7 nitrogen and oxygen atoms in total. The van der Waals surface area contributed by atoms with Gasteiger partial charge in [-0.15, -0.1) is 0 Å². The van der Waals surface area contributed by atoms with Gasteiger partial charge in [0, 0.05) is 42.3 Å². The Morgan fingerprint density at radius 3 is 2.83 bits per heavy atom. The minimum absolute atomic E-state index is 0.621. The van der Waals surface area contributed by atoms with Gasteiger partial charge in [-0.1, -0.05) is 29.8 Å². The van der Waals surface area contributed by atoms with E-state index in [2.05, 4.69) is 19.4 Å². The lowest BCUT2D eigenvalue weighted by Gasteiger charge is -2.27. The first-order valence-electron chi connectivity index (χ1n) is 9.63. The number of aryl methyl sites for hydroxylation is 1. The third-order valence-electron chi connectivity index (χ3n) is 5.21. The monoisotopic (exact) mass is 408 g/mol. The largest absolute Gasteiger partial charge is 0.378 e. The van der Waals surface area contributed by atoms with Crippen molar-refractivity contribution in [3.05, 3.63) is 65.3 Å². The van der Waals surface area contributed by atoms with Crippen molar-refractivity contribution in [3.63, 3.8) is 0 Å². The molecular formula is C21H21ClN6O. The molecule has 5 rings (SSSR count). The summed E-state index contributed by atoms with van der Waals surface area (Å²) in [6.07, 6.45) is 7.70. The van der Waals surface area contributed by atoms with E-state index in [0.717, 1.165) is 52.1 Å². The molecule has 3 aromatic heterocycles. The molecule has 1 saturated heterocycles. The van der Waals surface area contributed by atoms with Crippen molar-refractivity contribution >= 4 is 23.1 Å². The van der Waals surface area contributed by atoms with Crippen molar-refractivity contribution in [3.8, 4) is 11.3 Å². The fraction of sp³-hybridized carbons (Fsp3) is 0.286. The van der Waals surface area contributed by atoms with E-state index in [-0.39, 0.29) is 0 Å². The first kappa shape index (κ1) is 18.1. The lowest BCUT2D eigenvalue weighted by molar-refractivity contribution is 0.122. The van der Waals surface area contributed by atoms with Crippen molar-refractivity contribution in [1.82, 2.24) is 24.1 Å². The molecule has 8 heteroatoms. The number of hydrogen-bond donors (Lipinski definition) is 0. The number of rotatable bonds is 4. The Morgan fingerprint density at radius 2 is 2.00 bits per heavy atom. The number of nitrogens with zero attached hydrogens (tertiary/aromatic N) is 6. The number of hydrogen-bond acceptors (Lipinski definition) is 5. The van der Waals surface area contributed by atoms with E-state index in [1.807, 2.05) is 60.7 Å². The van der Waals surface area contributed by atoms with Gasteiger partial charge in [-0.25, -0.2) is 9.97 Å². The predicted octanol–water partition coefficient (Wildman–Crippen LogP) is 3.44. The van der Waals surface area contributed by atoms with Crippen molar-refractivity contribution in [2.45, 2.75) is 13.5 Å². The third-order valence-corrected chi connectivity index (χ3v) is 5.57. The van der Waals surface area contributed by atoms with Gasteiger partial charge in [0.1, 0.15) is 0 Å². The second-order valence-electron chi connectivity index (χ2n) is 7.11. The second kappa shape index (κ2) is 7.50. The molecule has 0 radical (unpaired) electrons. The Balaban J connectivity index is 1.52. The van der Waals surface area contributed by atoms with E-state index in [9.17, 15) is 0 Å². The van der Waals surface area contributed by atoms with Gasteiger partial charge in [-0.3, -0.25) is 9.08 Å². The van der Waals surface area contributed by atoms with Crippen molar-refractivity contribution in [1.29, 1.82) is 0 Å². The Kier molecular flexibility index (Phi) is 4.69. The van der Waals surface area contributed by atoms with Gasteiger partial charge in [0.25, 0.3) is 0 Å². The molecular weight excluding hydrogens is 388 g/mol. The Labute approximate surface area is 173 Å². The average molecular weight is 409 g/mol. The minimum Gasteiger partial charge on any atom is -0.378 e. The average Bonchev–Trinajstić information content (AvgIpc) is 3.33. The van der Waals surface area contributed by atoms with Crippen LogP contribution in [0.5, 0.6) is 0 Å². The highest BCUT2D eigenvalue weighted by Crippen LogP contribution is 2.29. The molecule has 1 aliphatic rings. The van der Waals surface area contributed by atoms with E-state index in [1.54, 1.807) is 0 Å². The molecule has 4 aromatic rings. The Bertz CT molecular complexity index is 1160. The lowest BCUT2D eigenvalue weighted by Crippen LogP contribution is -2.37. The summed E-state index contributed by atoms with van der Waals surface area (Å²) in [5.41, 5.74) is 4.89. The zero-order chi connectivity index (χ0) is 19.8. The van der Waals surface area contributed by atoms with Crippen LogP contribution in [-0.4, -0.2) is 50.5 Å². The molecule has 148 valence electrons. The van der Waals surface area contributed by atoms with Crippen LogP contribution in [0.25, 0.3) is 16.9 Å². The smallest absolute Gasteiger partial charge is 0.181 e. The maximum atomic E-state index is 6.30. The number of aromatic nitrogens is 5. The SMILES string of the molecule is Cc1nc2c(N3CCOCC3)nccn2c1-c1cnn(Cc2ccccc2Cl)c1. The van der Waals surface area contributed by atoms with Crippen molar-refractivity contribution in [2.24, 2.45) is 0 Å².